The van der Waals surface area contributed by atoms with Gasteiger partial charge < -0.3 is 0 Å². The number of amides is 1. The van der Waals surface area contributed by atoms with Crippen molar-refractivity contribution >= 4 is 55.7 Å². The number of rotatable bonds is 5. The van der Waals surface area contributed by atoms with Crippen molar-refractivity contribution in [2.75, 3.05) is 5.32 Å². The zero-order chi connectivity index (χ0) is 19.5. The minimum absolute atomic E-state index is 0.125. The minimum atomic E-state index is -0.252. The maximum Gasteiger partial charge on any atom is 0.258 e. The van der Waals surface area contributed by atoms with Crippen LogP contribution in [0, 0.1) is 0 Å². The van der Waals surface area contributed by atoms with Crippen molar-refractivity contribution in [3.05, 3.63) is 80.8 Å². The number of halogens is 1. The maximum atomic E-state index is 12.3. The maximum absolute atomic E-state index is 12.3. The summed E-state index contributed by atoms with van der Waals surface area (Å²) in [7, 11) is 0. The number of nitrogens with one attached hydrogen (secondary N) is 1. The summed E-state index contributed by atoms with van der Waals surface area (Å²) in [6, 6.07) is 14.0. The first kappa shape index (κ1) is 18.8. The fraction of sp³-hybridized carbons (Fsp3) is 0.0556. The second kappa shape index (κ2) is 8.21. The second-order valence-corrected chi connectivity index (χ2v) is 8.76. The lowest BCUT2D eigenvalue weighted by atomic mass is 10.2. The van der Waals surface area contributed by atoms with Crippen molar-refractivity contribution in [3.63, 3.8) is 0 Å². The zero-order valence-corrected chi connectivity index (χ0v) is 17.4. The van der Waals surface area contributed by atoms with Crippen LogP contribution in [-0.4, -0.2) is 25.5 Å². The number of hydrogen-bond donors (Lipinski definition) is 1. The van der Waals surface area contributed by atoms with Crippen LogP contribution in [0.15, 0.2) is 68.3 Å². The number of benzene rings is 1. The van der Waals surface area contributed by atoms with Crippen molar-refractivity contribution < 1.29 is 4.79 Å². The summed E-state index contributed by atoms with van der Waals surface area (Å²) in [5.41, 5.74) is 1.67. The molecule has 0 spiro atoms. The number of pyridine rings is 1. The highest BCUT2D eigenvalue weighted by molar-refractivity contribution is 9.10. The third-order valence-corrected chi connectivity index (χ3v) is 6.18. The van der Waals surface area contributed by atoms with Crippen molar-refractivity contribution in [2.24, 2.45) is 0 Å². The van der Waals surface area contributed by atoms with Gasteiger partial charge in [0.2, 0.25) is 5.13 Å². The number of thioether (sulfide) groups is 1. The first-order chi connectivity index (χ1) is 13.6. The largest absolute Gasteiger partial charge is 0.296 e. The fourth-order valence-electron chi connectivity index (χ4n) is 2.43. The number of aromatic nitrogens is 4. The van der Waals surface area contributed by atoms with Gasteiger partial charge in [-0.2, -0.15) is 0 Å². The lowest BCUT2D eigenvalue weighted by molar-refractivity contribution is 0.102. The Morgan fingerprint density at radius 1 is 1.18 bits per heavy atom. The van der Waals surface area contributed by atoms with E-state index in [0.29, 0.717) is 32.1 Å². The van der Waals surface area contributed by atoms with Crippen LogP contribution in [0.4, 0.5) is 5.13 Å². The van der Waals surface area contributed by atoms with Gasteiger partial charge in [0, 0.05) is 28.1 Å². The Kier molecular flexibility index (Phi) is 5.51. The van der Waals surface area contributed by atoms with E-state index in [9.17, 15) is 9.59 Å². The van der Waals surface area contributed by atoms with Gasteiger partial charge >= 0.3 is 0 Å². The summed E-state index contributed by atoms with van der Waals surface area (Å²) >= 11 is 6.03. The quantitative estimate of drug-likeness (QED) is 0.349. The third kappa shape index (κ3) is 4.29. The Labute approximate surface area is 176 Å². The number of fused-ring (bicyclic) bond motifs is 1. The molecule has 0 radical (unpaired) electrons. The highest BCUT2D eigenvalue weighted by Crippen LogP contribution is 2.28. The fourth-order valence-corrected chi connectivity index (χ4v) is 4.47. The predicted octanol–water partition coefficient (Wildman–Crippen LogP) is 3.85. The number of carbonyl (C=O) groups is 1. The van der Waals surface area contributed by atoms with E-state index in [-0.39, 0.29) is 11.5 Å². The number of carbonyl (C=O) groups excluding carboxylic acids is 1. The zero-order valence-electron chi connectivity index (χ0n) is 14.2. The normalized spacial score (nSPS) is 10.9. The van der Waals surface area contributed by atoms with Crippen LogP contribution in [0.1, 0.15) is 16.1 Å². The number of nitrogens with zero attached hydrogens (tertiary/aromatic N) is 4. The Balaban J connectivity index is 1.42. The molecular weight excluding hydrogens is 462 g/mol. The summed E-state index contributed by atoms with van der Waals surface area (Å²) in [5.74, 6) is 0.229. The Morgan fingerprint density at radius 3 is 2.93 bits per heavy atom. The molecule has 1 amide bonds. The van der Waals surface area contributed by atoms with Crippen molar-refractivity contribution in [1.29, 1.82) is 0 Å². The monoisotopic (exact) mass is 473 g/mol. The summed E-state index contributed by atoms with van der Waals surface area (Å²) in [6.45, 7) is 0. The molecule has 4 aromatic rings. The van der Waals surface area contributed by atoms with E-state index in [0.717, 1.165) is 4.47 Å². The highest BCUT2D eigenvalue weighted by Gasteiger charge is 2.11. The van der Waals surface area contributed by atoms with Crippen LogP contribution in [0.2, 0.25) is 0 Å². The van der Waals surface area contributed by atoms with Crippen molar-refractivity contribution in [2.45, 2.75) is 10.1 Å². The smallest absolute Gasteiger partial charge is 0.258 e. The van der Waals surface area contributed by atoms with E-state index >= 15 is 0 Å². The van der Waals surface area contributed by atoms with Gasteiger partial charge in [-0.1, -0.05) is 51.2 Å². The number of hydrogen-bond acceptors (Lipinski definition) is 7. The molecule has 7 nitrogen and oxygen atoms in total. The Morgan fingerprint density at radius 2 is 2.07 bits per heavy atom. The Bertz CT molecular complexity index is 1220. The van der Waals surface area contributed by atoms with Gasteiger partial charge in [0.15, 0.2) is 4.34 Å². The van der Waals surface area contributed by atoms with E-state index in [1.54, 1.807) is 36.5 Å². The van der Waals surface area contributed by atoms with Crippen LogP contribution in [0.5, 0.6) is 0 Å². The summed E-state index contributed by atoms with van der Waals surface area (Å²) < 4.78 is 3.00. The molecule has 0 aliphatic heterocycles. The van der Waals surface area contributed by atoms with Crippen LogP contribution >= 0.6 is 39.0 Å². The molecule has 0 unspecified atom stereocenters. The SMILES string of the molecule is O=C(Nc1nnc(SCc2cc(=O)n3ccccc3n2)s1)c1cccc(Br)c1. The molecule has 140 valence electrons. The van der Waals surface area contributed by atoms with Gasteiger partial charge in [0.25, 0.3) is 11.5 Å². The van der Waals surface area contributed by atoms with Crippen LogP contribution in [0.3, 0.4) is 0 Å². The molecule has 0 aliphatic carbocycles. The average Bonchev–Trinajstić information content (AvgIpc) is 3.14. The first-order valence-electron chi connectivity index (χ1n) is 8.09. The van der Waals surface area contributed by atoms with Crippen LogP contribution in [-0.2, 0) is 5.75 Å². The van der Waals surface area contributed by atoms with E-state index in [4.69, 9.17) is 0 Å². The molecule has 1 N–H and O–H groups in total. The first-order valence-corrected chi connectivity index (χ1v) is 10.7. The van der Waals surface area contributed by atoms with Gasteiger partial charge in [0.05, 0.1) is 5.69 Å². The van der Waals surface area contributed by atoms with Crippen molar-refractivity contribution in [3.8, 4) is 0 Å². The molecule has 0 aliphatic rings. The molecule has 1 aromatic carbocycles. The van der Waals surface area contributed by atoms with Crippen LogP contribution < -0.4 is 10.9 Å². The average molecular weight is 474 g/mol. The van der Waals surface area contributed by atoms with Gasteiger partial charge in [-0.3, -0.25) is 19.3 Å². The van der Waals surface area contributed by atoms with Crippen LogP contribution in [0.25, 0.3) is 5.65 Å². The minimum Gasteiger partial charge on any atom is -0.296 e. The van der Waals surface area contributed by atoms with Crippen molar-refractivity contribution in [1.82, 2.24) is 19.6 Å². The predicted molar refractivity (Wildman–Crippen MR) is 113 cm³/mol. The second-order valence-electron chi connectivity index (χ2n) is 5.64. The number of anilines is 1. The lowest BCUT2D eigenvalue weighted by Gasteiger charge is -2.02. The molecule has 3 heterocycles. The van der Waals surface area contributed by atoms with Gasteiger partial charge in [0.1, 0.15) is 5.65 Å². The lowest BCUT2D eigenvalue weighted by Crippen LogP contribution is -2.14. The van der Waals surface area contributed by atoms with Gasteiger partial charge in [-0.05, 0) is 30.3 Å². The molecule has 0 atom stereocenters. The molecule has 0 saturated heterocycles. The molecule has 0 fully saturated rings. The van der Waals surface area contributed by atoms with E-state index in [1.165, 1.54) is 33.6 Å². The standard InChI is InChI=1S/C18H12BrN5O2S2/c19-12-5-3-4-11(8-12)16(26)21-17-22-23-18(28-17)27-10-13-9-15(25)24-7-2-1-6-14(24)20-13/h1-9H,10H2,(H,21,22,26). The summed E-state index contributed by atoms with van der Waals surface area (Å²) in [4.78, 5) is 28.9. The molecule has 3 aromatic heterocycles. The van der Waals surface area contributed by atoms with E-state index in [2.05, 4.69) is 36.4 Å². The molecular formula is C18H12BrN5O2S2. The molecule has 0 bridgehead atoms. The van der Waals surface area contributed by atoms with Gasteiger partial charge in [-0.15, -0.1) is 10.2 Å². The van der Waals surface area contributed by atoms with E-state index < -0.39 is 0 Å². The van der Waals surface area contributed by atoms with Gasteiger partial charge in [-0.25, -0.2) is 4.98 Å². The third-order valence-electron chi connectivity index (χ3n) is 3.68. The summed E-state index contributed by atoms with van der Waals surface area (Å²) in [5, 5.41) is 11.2. The molecule has 0 saturated carbocycles. The summed E-state index contributed by atoms with van der Waals surface area (Å²) in [6.07, 6.45) is 1.69. The topological polar surface area (TPSA) is 89.2 Å². The van der Waals surface area contributed by atoms with E-state index in [1.807, 2.05) is 12.1 Å². The highest BCUT2D eigenvalue weighted by atomic mass is 79.9. The Hall–Kier alpha value is -2.56. The molecule has 4 rings (SSSR count). The molecule has 10 heteroatoms. The molecule has 28 heavy (non-hydrogen) atoms.